The van der Waals surface area contributed by atoms with Crippen molar-refractivity contribution in [1.82, 2.24) is 0 Å². The van der Waals surface area contributed by atoms with Gasteiger partial charge in [-0.2, -0.15) is 0 Å². The van der Waals surface area contributed by atoms with Gasteiger partial charge in [0.05, 0.1) is 0 Å². The summed E-state index contributed by atoms with van der Waals surface area (Å²) >= 11 is 6.43. The average molecular weight is 233 g/mol. The fourth-order valence-corrected chi connectivity index (χ4v) is 3.68. The highest BCUT2D eigenvalue weighted by Crippen LogP contribution is 2.47. The minimum atomic E-state index is 0.379. The summed E-state index contributed by atoms with van der Waals surface area (Å²) < 4.78 is 0. The van der Waals surface area contributed by atoms with Crippen molar-refractivity contribution >= 4 is 16.6 Å². The molecule has 2 aliphatic rings. The van der Waals surface area contributed by atoms with E-state index in [-0.39, 0.29) is 0 Å². The predicted molar refractivity (Wildman–Crippen MR) is 69.5 cm³/mol. The summed E-state index contributed by atoms with van der Waals surface area (Å²) in [5.74, 6) is 0. The minimum Gasteiger partial charge on any atom is -0.0840 e. The second-order valence-electron chi connectivity index (χ2n) is 5.25. The molecule has 0 aliphatic heterocycles. The molecule has 0 amide bonds. The van der Waals surface area contributed by atoms with Crippen LogP contribution >= 0.6 is 11.6 Å². The maximum absolute atomic E-state index is 6.43. The molecule has 2 aliphatic carbocycles. The van der Waals surface area contributed by atoms with Crippen molar-refractivity contribution in [2.45, 2.75) is 38.5 Å². The van der Waals surface area contributed by atoms with Gasteiger partial charge in [-0.15, -0.1) is 0 Å². The van der Waals surface area contributed by atoms with E-state index < -0.39 is 0 Å². The first-order chi connectivity index (χ1) is 7.79. The quantitative estimate of drug-likeness (QED) is 0.604. The van der Waals surface area contributed by atoms with Crippen LogP contribution in [0.15, 0.2) is 30.3 Å². The van der Waals surface area contributed by atoms with Gasteiger partial charge in [0.25, 0.3) is 0 Å². The van der Waals surface area contributed by atoms with E-state index in [1.165, 1.54) is 49.7 Å². The number of hydrogen-bond acceptors (Lipinski definition) is 0. The number of allylic oxidation sites excluding steroid dienone is 1. The van der Waals surface area contributed by atoms with E-state index in [1.54, 1.807) is 0 Å². The summed E-state index contributed by atoms with van der Waals surface area (Å²) in [6.07, 6.45) is 10.3. The molecule has 1 fully saturated rings. The lowest BCUT2D eigenvalue weighted by Gasteiger charge is -2.38. The monoisotopic (exact) mass is 232 g/mol. The van der Waals surface area contributed by atoms with Crippen LogP contribution in [0.25, 0.3) is 5.03 Å². The van der Waals surface area contributed by atoms with Gasteiger partial charge in [-0.05, 0) is 35.8 Å². The zero-order valence-electron chi connectivity index (χ0n) is 9.51. The zero-order valence-corrected chi connectivity index (χ0v) is 10.3. The molecule has 0 bridgehead atoms. The first-order valence-corrected chi connectivity index (χ1v) is 6.64. The largest absolute Gasteiger partial charge is 0.0840 e. The Morgan fingerprint density at radius 1 is 1.00 bits per heavy atom. The first kappa shape index (κ1) is 10.4. The third-order valence-corrected chi connectivity index (χ3v) is 4.41. The molecule has 0 N–H and O–H groups in total. The highest BCUT2D eigenvalue weighted by Gasteiger charge is 2.34. The van der Waals surface area contributed by atoms with E-state index in [1.807, 2.05) is 0 Å². The van der Waals surface area contributed by atoms with Gasteiger partial charge in [0, 0.05) is 5.03 Å². The third-order valence-electron chi connectivity index (χ3n) is 4.10. The van der Waals surface area contributed by atoms with Crippen LogP contribution in [-0.4, -0.2) is 0 Å². The van der Waals surface area contributed by atoms with Gasteiger partial charge in [0.15, 0.2) is 0 Å². The number of fused-ring (bicyclic) bond motifs is 1. The molecule has 3 rings (SSSR count). The molecule has 0 aromatic heterocycles. The van der Waals surface area contributed by atoms with Gasteiger partial charge in [0.1, 0.15) is 0 Å². The van der Waals surface area contributed by atoms with Crippen molar-refractivity contribution in [3.8, 4) is 0 Å². The zero-order chi connectivity index (χ0) is 11.0. The van der Waals surface area contributed by atoms with Crippen molar-refractivity contribution in [2.75, 3.05) is 0 Å². The summed E-state index contributed by atoms with van der Waals surface area (Å²) in [4.78, 5) is 0. The van der Waals surface area contributed by atoms with Gasteiger partial charge >= 0.3 is 0 Å². The number of halogens is 1. The molecular formula is C15H17Cl. The molecule has 0 heterocycles. The maximum atomic E-state index is 6.43. The summed E-state index contributed by atoms with van der Waals surface area (Å²) in [7, 11) is 0. The van der Waals surface area contributed by atoms with E-state index in [9.17, 15) is 0 Å². The third kappa shape index (κ3) is 1.69. The number of rotatable bonds is 0. The van der Waals surface area contributed by atoms with E-state index >= 15 is 0 Å². The lowest BCUT2D eigenvalue weighted by Crippen LogP contribution is -2.27. The Balaban J connectivity index is 2.01. The van der Waals surface area contributed by atoms with Gasteiger partial charge in [-0.25, -0.2) is 0 Å². The Labute approximate surface area is 102 Å². The molecule has 84 valence electrons. The molecule has 1 spiro atoms. The van der Waals surface area contributed by atoms with Crippen LogP contribution in [0, 0.1) is 5.41 Å². The smallest absolute Gasteiger partial charge is 0.0447 e. The highest BCUT2D eigenvalue weighted by atomic mass is 35.5. The predicted octanol–water partition coefficient (Wildman–Crippen LogP) is 4.77. The van der Waals surface area contributed by atoms with Crippen molar-refractivity contribution in [2.24, 2.45) is 5.41 Å². The van der Waals surface area contributed by atoms with Gasteiger partial charge in [0.2, 0.25) is 0 Å². The molecule has 0 atom stereocenters. The van der Waals surface area contributed by atoms with Crippen LogP contribution in [0.1, 0.15) is 43.2 Å². The number of hydrogen-bond donors (Lipinski definition) is 0. The average Bonchev–Trinajstić information content (AvgIpc) is 2.30. The van der Waals surface area contributed by atoms with Crippen LogP contribution in [0.5, 0.6) is 0 Å². The molecule has 0 saturated heterocycles. The molecule has 16 heavy (non-hydrogen) atoms. The molecule has 0 radical (unpaired) electrons. The van der Waals surface area contributed by atoms with Gasteiger partial charge in [-0.1, -0.05) is 61.2 Å². The molecule has 0 nitrogen and oxygen atoms in total. The Kier molecular flexibility index (Phi) is 2.55. The summed E-state index contributed by atoms with van der Waals surface area (Å²) in [6, 6.07) is 8.59. The molecule has 1 aromatic rings. The Hall–Kier alpha value is -0.750. The second kappa shape index (κ2) is 3.92. The van der Waals surface area contributed by atoms with E-state index in [2.05, 4.69) is 30.3 Å². The first-order valence-electron chi connectivity index (χ1n) is 6.26. The fourth-order valence-electron chi connectivity index (χ4n) is 3.26. The van der Waals surface area contributed by atoms with Crippen molar-refractivity contribution in [3.05, 3.63) is 41.5 Å². The van der Waals surface area contributed by atoms with Crippen molar-refractivity contribution in [3.63, 3.8) is 0 Å². The van der Waals surface area contributed by atoms with Crippen LogP contribution in [0.4, 0.5) is 0 Å². The molecule has 1 saturated carbocycles. The Bertz CT molecular complexity index is 425. The lowest BCUT2D eigenvalue weighted by molar-refractivity contribution is 0.254. The van der Waals surface area contributed by atoms with Crippen molar-refractivity contribution in [1.29, 1.82) is 0 Å². The molecule has 1 aromatic carbocycles. The van der Waals surface area contributed by atoms with E-state index in [0.29, 0.717) is 5.41 Å². The Morgan fingerprint density at radius 2 is 1.75 bits per heavy atom. The molecular weight excluding hydrogens is 216 g/mol. The van der Waals surface area contributed by atoms with Gasteiger partial charge < -0.3 is 0 Å². The topological polar surface area (TPSA) is 0 Å². The minimum absolute atomic E-state index is 0.379. The van der Waals surface area contributed by atoms with E-state index in [4.69, 9.17) is 11.6 Å². The molecule has 1 heteroatoms. The van der Waals surface area contributed by atoms with Crippen molar-refractivity contribution < 1.29 is 0 Å². The van der Waals surface area contributed by atoms with E-state index in [0.717, 1.165) is 5.03 Å². The second-order valence-corrected chi connectivity index (χ2v) is 5.66. The highest BCUT2D eigenvalue weighted by molar-refractivity contribution is 6.49. The van der Waals surface area contributed by atoms with Crippen LogP contribution in [0.3, 0.4) is 0 Å². The summed E-state index contributed by atoms with van der Waals surface area (Å²) in [5, 5.41) is 0.976. The number of benzene rings is 1. The Morgan fingerprint density at radius 3 is 2.56 bits per heavy atom. The summed E-state index contributed by atoms with van der Waals surface area (Å²) in [5.41, 5.74) is 3.07. The lowest BCUT2D eigenvalue weighted by atomic mass is 9.67. The standard InChI is InChI=1S/C15H17Cl/c16-14-11-15(8-4-1-5-9-15)10-12-6-2-3-7-13(12)14/h2-3,6-7,11H,1,4-5,8-10H2. The fraction of sp³-hybridized carbons (Fsp3) is 0.467. The molecule has 0 unspecified atom stereocenters. The SMILES string of the molecule is ClC1=CC2(CCCCC2)Cc2ccccc21. The van der Waals surface area contributed by atoms with Gasteiger partial charge in [-0.3, -0.25) is 0 Å². The maximum Gasteiger partial charge on any atom is 0.0447 e. The van der Waals surface area contributed by atoms with Crippen LogP contribution in [-0.2, 0) is 6.42 Å². The van der Waals surface area contributed by atoms with Crippen LogP contribution < -0.4 is 0 Å². The summed E-state index contributed by atoms with van der Waals surface area (Å²) in [6.45, 7) is 0. The van der Waals surface area contributed by atoms with Crippen LogP contribution in [0.2, 0.25) is 0 Å². The normalized spacial score (nSPS) is 22.7.